The number of fused-ring (bicyclic) bond motifs is 2. The van der Waals surface area contributed by atoms with Crippen molar-refractivity contribution in [3.63, 3.8) is 0 Å². The molecule has 1 saturated heterocycles. The molecule has 1 saturated carbocycles. The van der Waals surface area contributed by atoms with E-state index in [4.69, 9.17) is 15.2 Å². The Kier molecular flexibility index (Phi) is 2.82. The van der Waals surface area contributed by atoms with Crippen LogP contribution in [0.25, 0.3) is 0 Å². The Morgan fingerprint density at radius 3 is 2.76 bits per heavy atom. The molecule has 25 heavy (non-hydrogen) atoms. The minimum absolute atomic E-state index is 0.0853. The minimum Gasteiger partial charge on any atom is -0.311 e. The maximum absolute atomic E-state index is 11.1. The Bertz CT molecular complexity index is 918. The summed E-state index contributed by atoms with van der Waals surface area (Å²) in [4.78, 5) is 13.4. The van der Waals surface area contributed by atoms with Gasteiger partial charge in [0.05, 0.1) is 29.8 Å². The molecule has 0 aromatic heterocycles. The Labute approximate surface area is 142 Å². The highest BCUT2D eigenvalue weighted by Gasteiger charge is 2.97. The molecule has 4 rings (SSSR count). The minimum atomic E-state index is -1.53. The molecule has 5 atom stereocenters. The molecule has 0 radical (unpaired) electrons. The van der Waals surface area contributed by atoms with E-state index in [9.17, 15) is 20.6 Å². The lowest BCUT2D eigenvalue weighted by Gasteiger charge is -2.23. The normalized spacial score (nSPS) is 40.8. The summed E-state index contributed by atoms with van der Waals surface area (Å²) in [7, 11) is 0. The Morgan fingerprint density at radius 2 is 2.20 bits per heavy atom. The topological polar surface area (TPSA) is 149 Å². The lowest BCUT2D eigenvalue weighted by molar-refractivity contribution is -0.677. The maximum atomic E-state index is 11.1. The molecule has 126 valence electrons. The van der Waals surface area contributed by atoms with Crippen molar-refractivity contribution in [3.8, 4) is 12.1 Å². The second-order valence-corrected chi connectivity index (χ2v) is 6.52. The summed E-state index contributed by atoms with van der Waals surface area (Å²) in [5, 5.41) is 30.9. The van der Waals surface area contributed by atoms with Gasteiger partial charge in [0, 0.05) is 18.1 Å². The molecule has 9 nitrogen and oxygen atoms in total. The molecule has 3 N–H and O–H groups in total. The molecule has 3 aliphatic rings. The molecule has 1 spiro atoms. The summed E-state index contributed by atoms with van der Waals surface area (Å²) in [6.07, 6.45) is -0.286. The van der Waals surface area contributed by atoms with Gasteiger partial charge in [-0.3, -0.25) is 15.8 Å². The van der Waals surface area contributed by atoms with Crippen molar-refractivity contribution in [3.05, 3.63) is 39.9 Å². The van der Waals surface area contributed by atoms with Gasteiger partial charge in [-0.05, 0) is 12.5 Å². The molecule has 0 unspecified atom stereocenters. The zero-order valence-electron chi connectivity index (χ0n) is 13.2. The van der Waals surface area contributed by atoms with Gasteiger partial charge in [-0.1, -0.05) is 12.1 Å². The smallest absolute Gasteiger partial charge is 0.311 e. The van der Waals surface area contributed by atoms with Crippen molar-refractivity contribution >= 4 is 11.5 Å². The highest BCUT2D eigenvalue weighted by atomic mass is 16.8. The van der Waals surface area contributed by atoms with Gasteiger partial charge in [0.15, 0.2) is 10.8 Å². The van der Waals surface area contributed by atoms with Crippen LogP contribution in [0.1, 0.15) is 18.4 Å². The summed E-state index contributed by atoms with van der Waals surface area (Å²) in [5.41, 5.74) is 3.66. The molecule has 2 heterocycles. The van der Waals surface area contributed by atoms with E-state index in [-0.39, 0.29) is 24.2 Å². The number of nitriles is 2. The monoisotopic (exact) mass is 340 g/mol. The van der Waals surface area contributed by atoms with E-state index in [2.05, 4.69) is 17.1 Å². The van der Waals surface area contributed by atoms with E-state index in [0.717, 1.165) is 0 Å². The molecule has 1 aliphatic carbocycles. The Balaban J connectivity index is 1.90. The van der Waals surface area contributed by atoms with Crippen LogP contribution in [-0.2, 0) is 9.47 Å². The number of non-ortho nitro benzene ring substituents is 1. The van der Waals surface area contributed by atoms with E-state index in [1.54, 1.807) is 13.0 Å². The van der Waals surface area contributed by atoms with Crippen molar-refractivity contribution in [1.29, 1.82) is 10.5 Å². The lowest BCUT2D eigenvalue weighted by atomic mass is 9.94. The van der Waals surface area contributed by atoms with Gasteiger partial charge in [0.2, 0.25) is 0 Å². The van der Waals surface area contributed by atoms with E-state index >= 15 is 0 Å². The molecular formula is C16H14N5O4+. The number of nitrogens with two attached hydrogens (primary N) is 1. The van der Waals surface area contributed by atoms with Crippen LogP contribution < -0.4 is 10.7 Å². The third-order valence-electron chi connectivity index (χ3n) is 5.30. The number of hydrogen-bond acceptors (Lipinski definition) is 7. The van der Waals surface area contributed by atoms with E-state index in [1.165, 1.54) is 18.2 Å². The summed E-state index contributed by atoms with van der Waals surface area (Å²) < 4.78 is 11.6. The molecular weight excluding hydrogens is 326 g/mol. The van der Waals surface area contributed by atoms with Crippen LogP contribution in [0.5, 0.6) is 0 Å². The Morgan fingerprint density at radius 1 is 1.44 bits per heavy atom. The fourth-order valence-corrected chi connectivity index (χ4v) is 4.28. The van der Waals surface area contributed by atoms with Gasteiger partial charge < -0.3 is 9.47 Å². The summed E-state index contributed by atoms with van der Waals surface area (Å²) in [5.74, 6) is -2.14. The predicted molar refractivity (Wildman–Crippen MR) is 81.3 cm³/mol. The standard InChI is InChI=1S/C16H13N5O4/c1-9-6-24-16(25-9)15(8-18)12(14(15,7-17)13(19)20-16)10-3-2-4-11(5-10)21(22)23/h2-5,9,12H,6H2,1H3,(H2,19,20)/p+1/t9-,12+,14+,15+,16-/m0/s1. The van der Waals surface area contributed by atoms with Crippen molar-refractivity contribution < 1.29 is 19.4 Å². The number of nitrogens with one attached hydrogen (secondary N) is 1. The lowest BCUT2D eigenvalue weighted by Crippen LogP contribution is -2.90. The zero-order chi connectivity index (χ0) is 18.0. The third kappa shape index (κ3) is 1.50. The average Bonchev–Trinajstić information content (AvgIpc) is 2.99. The van der Waals surface area contributed by atoms with Crippen molar-refractivity contribution in [1.82, 2.24) is 0 Å². The number of amidine groups is 1. The van der Waals surface area contributed by atoms with Crippen LogP contribution in [-0.4, -0.2) is 29.4 Å². The van der Waals surface area contributed by atoms with Gasteiger partial charge >= 0.3 is 5.91 Å². The van der Waals surface area contributed by atoms with Gasteiger partial charge in [-0.25, -0.2) is 4.99 Å². The predicted octanol–water partition coefficient (Wildman–Crippen LogP) is -0.748. The number of hydrogen-bond donors (Lipinski definition) is 2. The van der Waals surface area contributed by atoms with E-state index < -0.39 is 27.6 Å². The second kappa shape index (κ2) is 4.54. The Hall–Kier alpha value is -3.01. The first-order valence-electron chi connectivity index (χ1n) is 7.68. The average molecular weight is 340 g/mol. The van der Waals surface area contributed by atoms with Crippen molar-refractivity contribution in [2.45, 2.75) is 24.9 Å². The van der Waals surface area contributed by atoms with E-state index in [0.29, 0.717) is 5.56 Å². The zero-order valence-corrected chi connectivity index (χ0v) is 13.2. The fraction of sp³-hybridized carbons (Fsp3) is 0.438. The van der Waals surface area contributed by atoms with Crippen molar-refractivity contribution in [2.24, 2.45) is 16.6 Å². The number of rotatable bonds is 2. The van der Waals surface area contributed by atoms with Crippen LogP contribution in [0.15, 0.2) is 24.3 Å². The third-order valence-corrected chi connectivity index (χ3v) is 5.30. The van der Waals surface area contributed by atoms with Crippen LogP contribution in [0.4, 0.5) is 5.69 Å². The second-order valence-electron chi connectivity index (χ2n) is 6.52. The molecule has 2 fully saturated rings. The number of ether oxygens (including phenoxy) is 2. The first-order valence-corrected chi connectivity index (χ1v) is 7.68. The largest absolute Gasteiger partial charge is 0.343 e. The summed E-state index contributed by atoms with van der Waals surface area (Å²) >= 11 is 0. The molecule has 1 aromatic carbocycles. The SMILES string of the molecule is C[C@H]1CO[C@]2([NH+]=C(N)[C@@]3(C#N)[C@@H](c4cccc([N+](=O)[O-])c4)[C@@]23C#N)O1. The quantitative estimate of drug-likeness (QED) is 0.531. The van der Waals surface area contributed by atoms with E-state index in [1.807, 2.05) is 0 Å². The summed E-state index contributed by atoms with van der Waals surface area (Å²) in [6, 6.07) is 10.2. The van der Waals surface area contributed by atoms with Crippen LogP contribution in [0.3, 0.4) is 0 Å². The fourth-order valence-electron chi connectivity index (χ4n) is 4.28. The van der Waals surface area contributed by atoms with Gasteiger partial charge in [0.1, 0.15) is 0 Å². The molecule has 0 amide bonds. The molecule has 0 bridgehead atoms. The molecule has 2 aliphatic heterocycles. The van der Waals surface area contributed by atoms with Crippen LogP contribution >= 0.6 is 0 Å². The van der Waals surface area contributed by atoms with Crippen LogP contribution in [0.2, 0.25) is 0 Å². The van der Waals surface area contributed by atoms with Crippen molar-refractivity contribution in [2.75, 3.05) is 6.61 Å². The molecule has 9 heteroatoms. The van der Waals surface area contributed by atoms with Gasteiger partial charge in [-0.15, -0.1) is 0 Å². The molecule has 1 aromatic rings. The first-order chi connectivity index (χ1) is 11.9. The highest BCUT2D eigenvalue weighted by molar-refractivity contribution is 5.95. The highest BCUT2D eigenvalue weighted by Crippen LogP contribution is 2.79. The number of nitro groups is 1. The maximum Gasteiger partial charge on any atom is 0.343 e. The van der Waals surface area contributed by atoms with Gasteiger partial charge in [-0.2, -0.15) is 10.5 Å². The van der Waals surface area contributed by atoms with Crippen LogP contribution in [0, 0.1) is 43.6 Å². The first kappa shape index (κ1) is 15.5. The number of benzene rings is 1. The summed E-state index contributed by atoms with van der Waals surface area (Å²) in [6.45, 7) is 2.03. The van der Waals surface area contributed by atoms with Gasteiger partial charge in [0.25, 0.3) is 11.5 Å². The number of nitrogens with zero attached hydrogens (tertiary/aromatic N) is 3. The number of nitro benzene ring substituents is 1.